The summed E-state index contributed by atoms with van der Waals surface area (Å²) in [5, 5.41) is 0. The molecule has 0 spiro atoms. The summed E-state index contributed by atoms with van der Waals surface area (Å²) in [6, 6.07) is 10.3. The van der Waals surface area contributed by atoms with E-state index in [1.165, 1.54) is 5.69 Å². The van der Waals surface area contributed by atoms with Gasteiger partial charge in [-0.1, -0.05) is 12.1 Å². The van der Waals surface area contributed by atoms with E-state index in [1.807, 2.05) is 6.07 Å². The van der Waals surface area contributed by atoms with Crippen molar-refractivity contribution in [2.45, 2.75) is 0 Å². The lowest BCUT2D eigenvalue weighted by molar-refractivity contribution is 0.122. The molecule has 0 N–H and O–H groups in total. The average molecular weight is 371 g/mol. The van der Waals surface area contributed by atoms with Gasteiger partial charge in [0, 0.05) is 35.0 Å². The van der Waals surface area contributed by atoms with Crippen LogP contribution in [0.25, 0.3) is 22.4 Å². The minimum absolute atomic E-state index is 0.656. The molecule has 4 rings (SSSR count). The van der Waals surface area contributed by atoms with E-state index in [0.717, 1.165) is 47.6 Å². The van der Waals surface area contributed by atoms with E-state index in [4.69, 9.17) is 4.74 Å². The second-order valence-corrected chi connectivity index (χ2v) is 6.31. The molecule has 1 saturated heterocycles. The predicted octanol–water partition coefficient (Wildman–Crippen LogP) is 3.29. The summed E-state index contributed by atoms with van der Waals surface area (Å²) in [6.45, 7) is 3.46. The summed E-state index contributed by atoms with van der Waals surface area (Å²) >= 11 is 3.40. The molecule has 1 aliphatic heterocycles. The van der Waals surface area contributed by atoms with Crippen molar-refractivity contribution >= 4 is 32.8 Å². The predicted molar refractivity (Wildman–Crippen MR) is 93.5 cm³/mol. The molecule has 3 heterocycles. The van der Waals surface area contributed by atoms with Gasteiger partial charge in [0.1, 0.15) is 5.52 Å². The second kappa shape index (κ2) is 6.22. The summed E-state index contributed by atoms with van der Waals surface area (Å²) in [4.78, 5) is 15.7. The molecule has 6 heteroatoms. The molecule has 0 amide bonds. The Labute approximate surface area is 142 Å². The number of aromatic nitrogens is 3. The summed E-state index contributed by atoms with van der Waals surface area (Å²) < 4.78 is 6.30. The van der Waals surface area contributed by atoms with E-state index in [9.17, 15) is 0 Å². The summed E-state index contributed by atoms with van der Waals surface area (Å²) in [6.07, 6.45) is 3.53. The molecule has 1 fully saturated rings. The monoisotopic (exact) mass is 370 g/mol. The molecule has 2 aromatic heterocycles. The van der Waals surface area contributed by atoms with Crippen LogP contribution in [-0.4, -0.2) is 41.3 Å². The van der Waals surface area contributed by atoms with Crippen molar-refractivity contribution in [3.8, 4) is 11.3 Å². The standard InChI is InChI=1S/C17H15BrN4O/c18-13-9-15-17(20-10-13)21-16(11-19-15)12-1-3-14(4-2-12)22-5-7-23-8-6-22/h1-4,9-11H,5-8H2. The number of halogens is 1. The highest BCUT2D eigenvalue weighted by molar-refractivity contribution is 9.10. The Hall–Kier alpha value is -2.05. The van der Waals surface area contributed by atoms with Gasteiger partial charge >= 0.3 is 0 Å². The highest BCUT2D eigenvalue weighted by Crippen LogP contribution is 2.23. The Balaban J connectivity index is 1.63. The van der Waals surface area contributed by atoms with Gasteiger partial charge < -0.3 is 9.64 Å². The number of hydrogen-bond donors (Lipinski definition) is 0. The van der Waals surface area contributed by atoms with Gasteiger partial charge in [-0.2, -0.15) is 0 Å². The van der Waals surface area contributed by atoms with Gasteiger partial charge in [0.2, 0.25) is 0 Å². The van der Waals surface area contributed by atoms with Crippen molar-refractivity contribution in [3.63, 3.8) is 0 Å². The fourth-order valence-electron chi connectivity index (χ4n) is 2.68. The molecule has 1 aromatic carbocycles. The minimum Gasteiger partial charge on any atom is -0.378 e. The van der Waals surface area contributed by atoms with E-state index < -0.39 is 0 Å². The van der Waals surface area contributed by atoms with Crippen LogP contribution in [0.15, 0.2) is 47.2 Å². The van der Waals surface area contributed by atoms with Gasteiger partial charge in [0.15, 0.2) is 5.65 Å². The summed E-state index contributed by atoms with van der Waals surface area (Å²) in [5.41, 5.74) is 4.53. The maximum atomic E-state index is 5.39. The van der Waals surface area contributed by atoms with Crippen LogP contribution in [-0.2, 0) is 4.74 Å². The molecule has 0 saturated carbocycles. The van der Waals surface area contributed by atoms with Crippen LogP contribution in [0.5, 0.6) is 0 Å². The van der Waals surface area contributed by atoms with Crippen molar-refractivity contribution in [3.05, 3.63) is 47.2 Å². The maximum Gasteiger partial charge on any atom is 0.178 e. The van der Waals surface area contributed by atoms with Crippen molar-refractivity contribution < 1.29 is 4.74 Å². The third-order valence-electron chi connectivity index (χ3n) is 3.91. The fraction of sp³-hybridized carbons (Fsp3) is 0.235. The van der Waals surface area contributed by atoms with Crippen LogP contribution in [0, 0.1) is 0 Å². The van der Waals surface area contributed by atoms with Crippen LogP contribution in [0.3, 0.4) is 0 Å². The lowest BCUT2D eigenvalue weighted by Crippen LogP contribution is -2.36. The smallest absolute Gasteiger partial charge is 0.178 e. The molecule has 1 aliphatic rings. The van der Waals surface area contributed by atoms with Gasteiger partial charge in [0.05, 0.1) is 25.1 Å². The van der Waals surface area contributed by atoms with E-state index in [-0.39, 0.29) is 0 Å². The van der Waals surface area contributed by atoms with Crippen LogP contribution in [0.1, 0.15) is 0 Å². The third-order valence-corrected chi connectivity index (χ3v) is 4.34. The van der Waals surface area contributed by atoms with Crippen LogP contribution in [0.2, 0.25) is 0 Å². The molecule has 0 unspecified atom stereocenters. The van der Waals surface area contributed by atoms with E-state index in [2.05, 4.69) is 60.0 Å². The molecule has 116 valence electrons. The topological polar surface area (TPSA) is 51.1 Å². The second-order valence-electron chi connectivity index (χ2n) is 5.40. The number of ether oxygens (including phenoxy) is 1. The molecular weight excluding hydrogens is 356 g/mol. The lowest BCUT2D eigenvalue weighted by atomic mass is 10.1. The van der Waals surface area contributed by atoms with Crippen LogP contribution >= 0.6 is 15.9 Å². The van der Waals surface area contributed by atoms with Gasteiger partial charge in [-0.25, -0.2) is 9.97 Å². The number of fused-ring (bicyclic) bond motifs is 1. The zero-order valence-electron chi connectivity index (χ0n) is 12.4. The number of hydrogen-bond acceptors (Lipinski definition) is 5. The molecule has 0 aliphatic carbocycles. The average Bonchev–Trinajstić information content (AvgIpc) is 2.62. The van der Waals surface area contributed by atoms with Gasteiger partial charge in [-0.05, 0) is 34.1 Å². The molecule has 0 bridgehead atoms. The first-order valence-corrected chi connectivity index (χ1v) is 8.30. The molecule has 23 heavy (non-hydrogen) atoms. The molecule has 3 aromatic rings. The van der Waals surface area contributed by atoms with Gasteiger partial charge in [-0.3, -0.25) is 4.98 Å². The zero-order valence-corrected chi connectivity index (χ0v) is 14.0. The zero-order chi connectivity index (χ0) is 15.6. The van der Waals surface area contributed by atoms with Crippen LogP contribution in [0.4, 0.5) is 5.69 Å². The fourth-order valence-corrected chi connectivity index (χ4v) is 3.00. The Morgan fingerprint density at radius 2 is 1.78 bits per heavy atom. The normalized spacial score (nSPS) is 15.1. The highest BCUT2D eigenvalue weighted by atomic mass is 79.9. The minimum atomic E-state index is 0.656. The van der Waals surface area contributed by atoms with Crippen LogP contribution < -0.4 is 4.90 Å². The SMILES string of the molecule is Brc1cnc2nc(-c3ccc(N4CCOCC4)cc3)cnc2c1. The quantitative estimate of drug-likeness (QED) is 0.692. The Kier molecular flexibility index (Phi) is 3.93. The molecule has 5 nitrogen and oxygen atoms in total. The van der Waals surface area contributed by atoms with Crippen molar-refractivity contribution in [2.75, 3.05) is 31.2 Å². The summed E-state index contributed by atoms with van der Waals surface area (Å²) in [5.74, 6) is 0. The number of nitrogens with zero attached hydrogens (tertiary/aromatic N) is 4. The Bertz CT molecular complexity index is 832. The lowest BCUT2D eigenvalue weighted by Gasteiger charge is -2.28. The van der Waals surface area contributed by atoms with Crippen molar-refractivity contribution in [1.82, 2.24) is 15.0 Å². The van der Waals surface area contributed by atoms with Gasteiger partial charge in [-0.15, -0.1) is 0 Å². The maximum absolute atomic E-state index is 5.39. The van der Waals surface area contributed by atoms with Crippen molar-refractivity contribution in [2.24, 2.45) is 0 Å². The largest absolute Gasteiger partial charge is 0.378 e. The van der Waals surface area contributed by atoms with E-state index in [1.54, 1.807) is 12.4 Å². The first-order valence-electron chi connectivity index (χ1n) is 7.51. The van der Waals surface area contributed by atoms with Gasteiger partial charge in [0.25, 0.3) is 0 Å². The number of rotatable bonds is 2. The molecule has 0 atom stereocenters. The Morgan fingerprint density at radius 3 is 2.57 bits per heavy atom. The number of benzene rings is 1. The number of morpholine rings is 1. The Morgan fingerprint density at radius 1 is 1.00 bits per heavy atom. The van der Waals surface area contributed by atoms with E-state index >= 15 is 0 Å². The van der Waals surface area contributed by atoms with E-state index in [0.29, 0.717) is 5.65 Å². The first kappa shape index (κ1) is 14.5. The molecular formula is C17H15BrN4O. The number of pyridine rings is 1. The van der Waals surface area contributed by atoms with Crippen molar-refractivity contribution in [1.29, 1.82) is 0 Å². The highest BCUT2D eigenvalue weighted by Gasteiger charge is 2.11. The third kappa shape index (κ3) is 3.04. The first-order chi connectivity index (χ1) is 11.3. The molecule has 0 radical (unpaired) electrons. The number of anilines is 1. The summed E-state index contributed by atoms with van der Waals surface area (Å²) in [7, 11) is 0.